The molecule has 0 aliphatic carbocycles. The molecule has 0 bridgehead atoms. The van der Waals surface area contributed by atoms with Crippen LogP contribution in [0.2, 0.25) is 0 Å². The van der Waals surface area contributed by atoms with Crippen molar-refractivity contribution in [1.29, 1.82) is 0 Å². The zero-order valence-electron chi connectivity index (χ0n) is 10.2. The van der Waals surface area contributed by atoms with Crippen molar-refractivity contribution >= 4 is 0 Å². The third-order valence-electron chi connectivity index (χ3n) is 3.32. The van der Waals surface area contributed by atoms with E-state index in [0.29, 0.717) is 12.0 Å². The second-order valence-electron chi connectivity index (χ2n) is 4.43. The molecule has 1 heterocycles. The molecule has 16 heavy (non-hydrogen) atoms. The normalized spacial score (nSPS) is 17.9. The van der Waals surface area contributed by atoms with Crippen LogP contribution in [-0.4, -0.2) is 27.2 Å². The van der Waals surface area contributed by atoms with Crippen LogP contribution in [0.5, 0.6) is 5.75 Å². The molecule has 1 unspecified atom stereocenters. The minimum Gasteiger partial charge on any atom is -0.496 e. The largest absolute Gasteiger partial charge is 0.496 e. The van der Waals surface area contributed by atoms with Gasteiger partial charge < -0.3 is 15.4 Å². The van der Waals surface area contributed by atoms with E-state index >= 15 is 0 Å². The number of benzene rings is 1. The molecule has 0 amide bonds. The minimum atomic E-state index is 0.385. The Kier molecular flexibility index (Phi) is 3.46. The Morgan fingerprint density at radius 2 is 2.19 bits per heavy atom. The molecule has 1 aliphatic heterocycles. The fraction of sp³-hybridized carbons (Fsp3) is 0.538. The molecule has 0 saturated carbocycles. The average Bonchev–Trinajstić information content (AvgIpc) is 2.23. The highest BCUT2D eigenvalue weighted by molar-refractivity contribution is 5.39. The molecule has 1 aliphatic rings. The topological polar surface area (TPSA) is 33.3 Å². The van der Waals surface area contributed by atoms with Gasteiger partial charge in [-0.3, -0.25) is 0 Å². The van der Waals surface area contributed by atoms with E-state index in [2.05, 4.69) is 35.8 Å². The first kappa shape index (κ1) is 11.4. The van der Waals surface area contributed by atoms with E-state index in [1.54, 1.807) is 7.11 Å². The van der Waals surface area contributed by atoms with Crippen LogP contribution in [0, 0.1) is 12.8 Å². The number of aryl methyl sites for hydroxylation is 1. The number of rotatable bonds is 4. The Bertz CT molecular complexity index is 361. The standard InChI is InChI=1S/C13H20N2O/c1-9-4-5-12(16-3)11(6-9)13(14-2)10-7-15-8-10/h4-6,10,13-15H,7-8H2,1-3H3. The zero-order chi connectivity index (χ0) is 11.5. The summed E-state index contributed by atoms with van der Waals surface area (Å²) in [6, 6.07) is 6.75. The van der Waals surface area contributed by atoms with Crippen molar-refractivity contribution in [1.82, 2.24) is 10.6 Å². The number of ether oxygens (including phenoxy) is 1. The lowest BCUT2D eigenvalue weighted by atomic mass is 9.87. The Labute approximate surface area is 97.2 Å². The molecule has 3 nitrogen and oxygen atoms in total. The van der Waals surface area contributed by atoms with Crippen molar-refractivity contribution in [2.75, 3.05) is 27.2 Å². The summed E-state index contributed by atoms with van der Waals surface area (Å²) < 4.78 is 5.44. The van der Waals surface area contributed by atoms with Gasteiger partial charge >= 0.3 is 0 Å². The molecular formula is C13H20N2O. The van der Waals surface area contributed by atoms with E-state index in [1.807, 2.05) is 7.05 Å². The molecule has 0 radical (unpaired) electrons. The fourth-order valence-electron chi connectivity index (χ4n) is 2.29. The van der Waals surface area contributed by atoms with E-state index in [-0.39, 0.29) is 0 Å². The van der Waals surface area contributed by atoms with Crippen molar-refractivity contribution in [3.05, 3.63) is 29.3 Å². The summed E-state index contributed by atoms with van der Waals surface area (Å²) in [5.41, 5.74) is 2.56. The summed E-state index contributed by atoms with van der Waals surface area (Å²) >= 11 is 0. The van der Waals surface area contributed by atoms with Crippen molar-refractivity contribution in [2.24, 2.45) is 5.92 Å². The lowest BCUT2D eigenvalue weighted by Gasteiger charge is -2.35. The van der Waals surface area contributed by atoms with Gasteiger partial charge in [-0.2, -0.15) is 0 Å². The maximum absolute atomic E-state index is 5.44. The lowest BCUT2D eigenvalue weighted by molar-refractivity contribution is 0.262. The summed E-state index contributed by atoms with van der Waals surface area (Å²) in [4.78, 5) is 0. The lowest BCUT2D eigenvalue weighted by Crippen LogP contribution is -2.48. The van der Waals surface area contributed by atoms with Crippen LogP contribution in [0.15, 0.2) is 18.2 Å². The van der Waals surface area contributed by atoms with Crippen LogP contribution in [0.25, 0.3) is 0 Å². The van der Waals surface area contributed by atoms with Gasteiger partial charge in [-0.05, 0) is 20.0 Å². The van der Waals surface area contributed by atoms with E-state index in [4.69, 9.17) is 4.74 Å². The summed E-state index contributed by atoms with van der Waals surface area (Å²) in [5.74, 6) is 1.65. The Balaban J connectivity index is 2.31. The van der Waals surface area contributed by atoms with E-state index in [1.165, 1.54) is 11.1 Å². The first-order chi connectivity index (χ1) is 7.76. The maximum Gasteiger partial charge on any atom is 0.123 e. The first-order valence-corrected chi connectivity index (χ1v) is 5.78. The number of methoxy groups -OCH3 is 1. The SMILES string of the molecule is CNC(c1cc(C)ccc1OC)C1CNC1. The third-order valence-corrected chi connectivity index (χ3v) is 3.32. The average molecular weight is 220 g/mol. The number of hydrogen-bond donors (Lipinski definition) is 2. The quantitative estimate of drug-likeness (QED) is 0.806. The van der Waals surface area contributed by atoms with Crippen LogP contribution in [0.3, 0.4) is 0 Å². The molecular weight excluding hydrogens is 200 g/mol. The minimum absolute atomic E-state index is 0.385. The predicted molar refractivity (Wildman–Crippen MR) is 65.9 cm³/mol. The summed E-state index contributed by atoms with van der Waals surface area (Å²) in [7, 11) is 3.75. The van der Waals surface area contributed by atoms with Gasteiger partial charge in [-0.1, -0.05) is 17.7 Å². The second kappa shape index (κ2) is 4.85. The van der Waals surface area contributed by atoms with Gasteiger partial charge in [0.05, 0.1) is 7.11 Å². The Morgan fingerprint density at radius 1 is 1.44 bits per heavy atom. The molecule has 1 aromatic rings. The van der Waals surface area contributed by atoms with Gasteiger partial charge in [0.25, 0.3) is 0 Å². The van der Waals surface area contributed by atoms with Crippen LogP contribution < -0.4 is 15.4 Å². The molecule has 1 saturated heterocycles. The van der Waals surface area contributed by atoms with Crippen LogP contribution in [0.4, 0.5) is 0 Å². The van der Waals surface area contributed by atoms with E-state index in [0.717, 1.165) is 18.8 Å². The maximum atomic E-state index is 5.44. The highest BCUT2D eigenvalue weighted by Crippen LogP contribution is 2.32. The molecule has 2 rings (SSSR count). The monoisotopic (exact) mass is 220 g/mol. The molecule has 0 spiro atoms. The zero-order valence-corrected chi connectivity index (χ0v) is 10.2. The van der Waals surface area contributed by atoms with Gasteiger partial charge in [0.15, 0.2) is 0 Å². The van der Waals surface area contributed by atoms with Crippen molar-refractivity contribution in [3.8, 4) is 5.75 Å². The van der Waals surface area contributed by atoms with E-state index in [9.17, 15) is 0 Å². The molecule has 88 valence electrons. The van der Waals surface area contributed by atoms with Gasteiger partial charge in [0.2, 0.25) is 0 Å². The van der Waals surface area contributed by atoms with E-state index < -0.39 is 0 Å². The molecule has 3 heteroatoms. The highest BCUT2D eigenvalue weighted by atomic mass is 16.5. The number of hydrogen-bond acceptors (Lipinski definition) is 3. The molecule has 0 aromatic heterocycles. The van der Waals surface area contributed by atoms with Crippen molar-refractivity contribution in [2.45, 2.75) is 13.0 Å². The van der Waals surface area contributed by atoms with Gasteiger partial charge in [-0.15, -0.1) is 0 Å². The van der Waals surface area contributed by atoms with Gasteiger partial charge in [0, 0.05) is 30.6 Å². The van der Waals surface area contributed by atoms with Crippen molar-refractivity contribution < 1.29 is 4.74 Å². The van der Waals surface area contributed by atoms with Gasteiger partial charge in [0.1, 0.15) is 5.75 Å². The number of nitrogens with one attached hydrogen (secondary N) is 2. The van der Waals surface area contributed by atoms with Gasteiger partial charge in [-0.25, -0.2) is 0 Å². The highest BCUT2D eigenvalue weighted by Gasteiger charge is 2.28. The smallest absolute Gasteiger partial charge is 0.123 e. The van der Waals surface area contributed by atoms with Crippen LogP contribution in [0.1, 0.15) is 17.2 Å². The Hall–Kier alpha value is -1.06. The summed E-state index contributed by atoms with van der Waals surface area (Å²) in [6.07, 6.45) is 0. The predicted octanol–water partition coefficient (Wildman–Crippen LogP) is 1.48. The molecule has 1 aromatic carbocycles. The van der Waals surface area contributed by atoms with Crippen molar-refractivity contribution in [3.63, 3.8) is 0 Å². The second-order valence-corrected chi connectivity index (χ2v) is 4.43. The summed E-state index contributed by atoms with van der Waals surface area (Å²) in [5, 5.41) is 6.72. The molecule has 1 fully saturated rings. The third kappa shape index (κ3) is 2.06. The molecule has 1 atom stereocenters. The molecule has 2 N–H and O–H groups in total. The Morgan fingerprint density at radius 3 is 2.69 bits per heavy atom. The fourth-order valence-corrected chi connectivity index (χ4v) is 2.29. The van der Waals surface area contributed by atoms with Crippen LogP contribution >= 0.6 is 0 Å². The van der Waals surface area contributed by atoms with Crippen LogP contribution in [-0.2, 0) is 0 Å². The first-order valence-electron chi connectivity index (χ1n) is 5.78. The summed E-state index contributed by atoms with van der Waals surface area (Å²) in [6.45, 7) is 4.29.